The molecule has 0 bridgehead atoms. The summed E-state index contributed by atoms with van der Waals surface area (Å²) < 4.78 is 12.1. The van der Waals surface area contributed by atoms with E-state index in [0.29, 0.717) is 5.16 Å². The molecule has 2 heterocycles. The number of aryl methyl sites for hydroxylation is 2. The molecule has 1 aliphatic heterocycles. The van der Waals surface area contributed by atoms with Gasteiger partial charge in [0.2, 0.25) is 5.16 Å². The lowest BCUT2D eigenvalue weighted by molar-refractivity contribution is 0.662. The number of hydrogen-bond acceptors (Lipinski definition) is 4. The zero-order valence-corrected chi connectivity index (χ0v) is 9.80. The molecule has 1 aromatic heterocycles. The number of hydrogen-bond donors (Lipinski definition) is 1. The predicted molar refractivity (Wildman–Crippen MR) is 59.2 cm³/mol. The first-order chi connectivity index (χ1) is 7.16. The third-order valence-electron chi connectivity index (χ3n) is 2.46. The summed E-state index contributed by atoms with van der Waals surface area (Å²) in [5.41, 5.74) is 1.77. The summed E-state index contributed by atoms with van der Waals surface area (Å²) in [4.78, 5) is 8.48. The lowest BCUT2D eigenvalue weighted by Crippen LogP contribution is -2.20. The van der Waals surface area contributed by atoms with Crippen molar-refractivity contribution in [3.05, 3.63) is 17.5 Å². The van der Waals surface area contributed by atoms with Gasteiger partial charge in [0.15, 0.2) is 0 Å². The van der Waals surface area contributed by atoms with Crippen LogP contribution in [0.5, 0.6) is 0 Å². The van der Waals surface area contributed by atoms with Crippen molar-refractivity contribution in [3.8, 4) is 0 Å². The second kappa shape index (κ2) is 4.37. The van der Waals surface area contributed by atoms with Crippen LogP contribution in [0.3, 0.4) is 0 Å². The molecule has 0 radical (unpaired) electrons. The van der Waals surface area contributed by atoms with E-state index in [1.807, 2.05) is 19.9 Å². The summed E-state index contributed by atoms with van der Waals surface area (Å²) in [6.45, 7) is 5.56. The molecule has 1 unspecified atom stereocenters. The molecule has 0 aromatic carbocycles. The molecular formula is C10H15N3OS. The highest BCUT2D eigenvalue weighted by Crippen LogP contribution is 2.13. The maximum Gasteiger partial charge on any atom is 0.219 e. The van der Waals surface area contributed by atoms with Gasteiger partial charge in [0.1, 0.15) is 0 Å². The van der Waals surface area contributed by atoms with Crippen LogP contribution < -0.4 is 5.32 Å². The minimum absolute atomic E-state index is 0.172. The Morgan fingerprint density at radius 1 is 1.40 bits per heavy atom. The Kier molecular flexibility index (Phi) is 3.11. The van der Waals surface area contributed by atoms with Crippen molar-refractivity contribution in [1.29, 1.82) is 0 Å². The molecule has 1 N–H and O–H groups in total. The van der Waals surface area contributed by atoms with Crippen LogP contribution in [-0.2, 0) is 10.8 Å². The average Bonchev–Trinajstić information content (AvgIpc) is 2.67. The Morgan fingerprint density at radius 2 is 2.07 bits per heavy atom. The highest BCUT2D eigenvalue weighted by atomic mass is 32.2. The zero-order chi connectivity index (χ0) is 10.8. The zero-order valence-electron chi connectivity index (χ0n) is 8.99. The van der Waals surface area contributed by atoms with E-state index in [9.17, 15) is 4.21 Å². The van der Waals surface area contributed by atoms with E-state index < -0.39 is 10.8 Å². The molecule has 4 nitrogen and oxygen atoms in total. The van der Waals surface area contributed by atoms with E-state index in [1.165, 1.54) is 0 Å². The van der Waals surface area contributed by atoms with Crippen molar-refractivity contribution in [2.24, 2.45) is 0 Å². The van der Waals surface area contributed by atoms with Crippen molar-refractivity contribution in [3.63, 3.8) is 0 Å². The maximum atomic E-state index is 12.1. The molecule has 0 saturated carbocycles. The van der Waals surface area contributed by atoms with Crippen LogP contribution in [0, 0.1) is 13.8 Å². The van der Waals surface area contributed by atoms with Crippen LogP contribution in [0.25, 0.3) is 0 Å². The summed E-state index contributed by atoms with van der Waals surface area (Å²) in [7, 11) is -1.06. The fourth-order valence-electron chi connectivity index (χ4n) is 1.74. The van der Waals surface area contributed by atoms with Crippen molar-refractivity contribution in [1.82, 2.24) is 15.3 Å². The van der Waals surface area contributed by atoms with Crippen LogP contribution in [0.15, 0.2) is 11.2 Å². The molecule has 15 heavy (non-hydrogen) atoms. The third kappa shape index (κ3) is 2.41. The lowest BCUT2D eigenvalue weighted by Gasteiger charge is -2.07. The summed E-state index contributed by atoms with van der Waals surface area (Å²) in [5.74, 6) is 0. The van der Waals surface area contributed by atoms with Crippen LogP contribution >= 0.6 is 0 Å². The second-order valence-corrected chi connectivity index (χ2v) is 5.47. The molecule has 2 atom stereocenters. The van der Waals surface area contributed by atoms with Gasteiger partial charge in [-0.1, -0.05) is 0 Å². The van der Waals surface area contributed by atoms with Crippen LogP contribution in [0.2, 0.25) is 0 Å². The van der Waals surface area contributed by atoms with Gasteiger partial charge in [-0.3, -0.25) is 4.21 Å². The van der Waals surface area contributed by atoms with Crippen LogP contribution in [0.1, 0.15) is 17.8 Å². The Morgan fingerprint density at radius 3 is 2.60 bits per heavy atom. The average molecular weight is 225 g/mol. The number of nitrogens with zero attached hydrogens (tertiary/aromatic N) is 2. The van der Waals surface area contributed by atoms with E-state index in [0.717, 1.165) is 30.9 Å². The molecule has 0 spiro atoms. The SMILES string of the molecule is Cc1cc(C)nc(S(=O)[C@H]2CCNC2)n1. The Hall–Kier alpha value is -0.810. The van der Waals surface area contributed by atoms with Gasteiger partial charge in [0.05, 0.1) is 16.0 Å². The first-order valence-electron chi connectivity index (χ1n) is 5.10. The molecule has 1 aliphatic rings. The Balaban J connectivity index is 2.24. The van der Waals surface area contributed by atoms with Gasteiger partial charge in [0, 0.05) is 17.9 Å². The third-order valence-corrected chi connectivity index (χ3v) is 4.01. The van der Waals surface area contributed by atoms with Crippen molar-refractivity contribution in [2.45, 2.75) is 30.7 Å². The number of rotatable bonds is 2. The van der Waals surface area contributed by atoms with Gasteiger partial charge < -0.3 is 5.32 Å². The number of aromatic nitrogens is 2. The summed E-state index contributed by atoms with van der Waals surface area (Å²) in [5, 5.41) is 3.86. The van der Waals surface area contributed by atoms with Gasteiger partial charge >= 0.3 is 0 Å². The molecule has 5 heteroatoms. The van der Waals surface area contributed by atoms with E-state index in [1.54, 1.807) is 0 Å². The minimum Gasteiger partial charge on any atom is -0.315 e. The first-order valence-corrected chi connectivity index (χ1v) is 6.31. The Labute approximate surface area is 92.0 Å². The van der Waals surface area contributed by atoms with Gasteiger partial charge in [-0.25, -0.2) is 9.97 Å². The molecule has 82 valence electrons. The Bertz CT molecular complexity index is 368. The molecule has 2 rings (SSSR count). The molecule has 1 aromatic rings. The summed E-state index contributed by atoms with van der Waals surface area (Å²) in [6, 6.07) is 1.90. The van der Waals surface area contributed by atoms with Gasteiger partial charge in [-0.05, 0) is 32.9 Å². The maximum absolute atomic E-state index is 12.1. The topological polar surface area (TPSA) is 54.9 Å². The van der Waals surface area contributed by atoms with Crippen molar-refractivity contribution in [2.75, 3.05) is 13.1 Å². The van der Waals surface area contributed by atoms with Gasteiger partial charge in [0.25, 0.3) is 0 Å². The normalized spacial score (nSPS) is 22.9. The monoisotopic (exact) mass is 225 g/mol. The highest BCUT2D eigenvalue weighted by molar-refractivity contribution is 7.85. The minimum atomic E-state index is -1.06. The van der Waals surface area contributed by atoms with Crippen molar-refractivity contribution >= 4 is 10.8 Å². The standard InChI is InChI=1S/C10H15N3OS/c1-7-5-8(2)13-10(12-7)15(14)9-3-4-11-6-9/h5,9,11H,3-4,6H2,1-2H3/t9-,15?/m0/s1. The summed E-state index contributed by atoms with van der Waals surface area (Å²) in [6.07, 6.45) is 0.947. The second-order valence-electron chi connectivity index (χ2n) is 3.85. The molecule has 1 saturated heterocycles. The largest absolute Gasteiger partial charge is 0.315 e. The fraction of sp³-hybridized carbons (Fsp3) is 0.600. The first kappa shape index (κ1) is 10.7. The molecule has 1 fully saturated rings. The molecule has 0 aliphatic carbocycles. The van der Waals surface area contributed by atoms with Crippen molar-refractivity contribution < 1.29 is 4.21 Å². The lowest BCUT2D eigenvalue weighted by atomic mass is 10.4. The van der Waals surface area contributed by atoms with Gasteiger partial charge in [-0.15, -0.1) is 0 Å². The van der Waals surface area contributed by atoms with Gasteiger partial charge in [-0.2, -0.15) is 0 Å². The van der Waals surface area contributed by atoms with E-state index >= 15 is 0 Å². The van der Waals surface area contributed by atoms with E-state index in [-0.39, 0.29) is 5.25 Å². The smallest absolute Gasteiger partial charge is 0.219 e. The predicted octanol–water partition coefficient (Wildman–Crippen LogP) is 0.563. The van der Waals surface area contributed by atoms with E-state index in [2.05, 4.69) is 15.3 Å². The fourth-order valence-corrected chi connectivity index (χ4v) is 3.11. The van der Waals surface area contributed by atoms with Crippen LogP contribution in [-0.4, -0.2) is 32.5 Å². The number of nitrogens with one attached hydrogen (secondary N) is 1. The molecule has 0 amide bonds. The summed E-state index contributed by atoms with van der Waals surface area (Å²) >= 11 is 0. The highest BCUT2D eigenvalue weighted by Gasteiger charge is 2.24. The van der Waals surface area contributed by atoms with Crippen LogP contribution in [0.4, 0.5) is 0 Å². The quantitative estimate of drug-likeness (QED) is 0.747. The molecular weight excluding hydrogens is 210 g/mol. The van der Waals surface area contributed by atoms with E-state index in [4.69, 9.17) is 0 Å².